The lowest BCUT2D eigenvalue weighted by atomic mass is 10.0. The van der Waals surface area contributed by atoms with Gasteiger partial charge < -0.3 is 9.88 Å². The lowest BCUT2D eigenvalue weighted by Crippen LogP contribution is -2.28. The van der Waals surface area contributed by atoms with Crippen molar-refractivity contribution in [2.45, 2.75) is 45.1 Å². The van der Waals surface area contributed by atoms with Gasteiger partial charge in [0.25, 0.3) is 5.56 Å². The van der Waals surface area contributed by atoms with Gasteiger partial charge in [0.15, 0.2) is 0 Å². The van der Waals surface area contributed by atoms with E-state index in [1.807, 2.05) is 0 Å². The molecule has 1 aromatic rings. The molecule has 4 nitrogen and oxygen atoms in total. The van der Waals surface area contributed by atoms with Crippen LogP contribution in [0.4, 0.5) is 0 Å². The lowest BCUT2D eigenvalue weighted by molar-refractivity contribution is -0.121. The summed E-state index contributed by atoms with van der Waals surface area (Å²) in [4.78, 5) is 23.1. The Kier molecular flexibility index (Phi) is 5.19. The maximum atomic E-state index is 11.7. The number of hydrogen-bond donors (Lipinski definition) is 1. The summed E-state index contributed by atoms with van der Waals surface area (Å²) in [6, 6.07) is 5.03. The molecule has 1 amide bonds. The minimum absolute atomic E-state index is 0.0359. The Bertz CT molecular complexity index is 461. The highest BCUT2D eigenvalue weighted by Crippen LogP contribution is 2.26. The molecule has 0 atom stereocenters. The molecule has 1 aliphatic rings. The summed E-state index contributed by atoms with van der Waals surface area (Å²) in [5.74, 6) is 0.839. The van der Waals surface area contributed by atoms with Crippen LogP contribution in [-0.4, -0.2) is 17.0 Å². The first-order valence-corrected chi connectivity index (χ1v) is 7.18. The molecule has 0 bridgehead atoms. The van der Waals surface area contributed by atoms with Crippen molar-refractivity contribution in [3.8, 4) is 0 Å². The zero-order valence-corrected chi connectivity index (χ0v) is 11.3. The van der Waals surface area contributed by atoms with Gasteiger partial charge in [0.1, 0.15) is 0 Å². The normalized spacial score (nSPS) is 15.6. The van der Waals surface area contributed by atoms with Crippen LogP contribution < -0.4 is 10.9 Å². The van der Waals surface area contributed by atoms with E-state index in [2.05, 4.69) is 5.32 Å². The van der Waals surface area contributed by atoms with Gasteiger partial charge in [-0.3, -0.25) is 9.59 Å². The van der Waals surface area contributed by atoms with Crippen LogP contribution >= 0.6 is 0 Å². The predicted molar refractivity (Wildman–Crippen MR) is 74.9 cm³/mol. The van der Waals surface area contributed by atoms with Crippen molar-refractivity contribution in [1.29, 1.82) is 0 Å². The van der Waals surface area contributed by atoms with Crippen molar-refractivity contribution in [3.63, 3.8) is 0 Å². The number of carbonyl (C=O) groups is 1. The first-order valence-electron chi connectivity index (χ1n) is 7.18. The molecule has 104 valence electrons. The van der Waals surface area contributed by atoms with E-state index < -0.39 is 0 Å². The van der Waals surface area contributed by atoms with Crippen molar-refractivity contribution in [2.75, 3.05) is 6.54 Å². The quantitative estimate of drug-likeness (QED) is 0.851. The molecule has 1 aromatic heterocycles. The summed E-state index contributed by atoms with van der Waals surface area (Å²) < 4.78 is 1.57. The van der Waals surface area contributed by atoms with Crippen LogP contribution in [0.1, 0.15) is 38.5 Å². The van der Waals surface area contributed by atoms with Gasteiger partial charge in [0.05, 0.1) is 0 Å². The summed E-state index contributed by atoms with van der Waals surface area (Å²) in [5.41, 5.74) is -0.0544. The number of nitrogens with zero attached hydrogens (tertiary/aromatic N) is 1. The fraction of sp³-hybridized carbons (Fsp3) is 0.600. The molecule has 0 aliphatic heterocycles. The number of nitrogens with one attached hydrogen (secondary N) is 1. The van der Waals surface area contributed by atoms with E-state index >= 15 is 0 Å². The SMILES string of the molecule is O=C(CCn1ccccc1=O)NCCC1CCCC1. The highest BCUT2D eigenvalue weighted by Gasteiger charge is 2.14. The Labute approximate surface area is 113 Å². The Morgan fingerprint density at radius 2 is 2.11 bits per heavy atom. The number of aromatic nitrogens is 1. The molecule has 0 saturated heterocycles. The minimum atomic E-state index is -0.0544. The highest BCUT2D eigenvalue weighted by atomic mass is 16.1. The molecule has 1 saturated carbocycles. The standard InChI is InChI=1S/C15H22N2O2/c18-14(16-10-8-13-5-1-2-6-13)9-12-17-11-4-3-7-15(17)19/h3-4,7,11,13H,1-2,5-6,8-10,12H2,(H,16,18). The highest BCUT2D eigenvalue weighted by molar-refractivity contribution is 5.75. The largest absolute Gasteiger partial charge is 0.356 e. The monoisotopic (exact) mass is 262 g/mol. The van der Waals surface area contributed by atoms with Crippen LogP contribution in [0, 0.1) is 5.92 Å². The predicted octanol–water partition coefficient (Wildman–Crippen LogP) is 1.93. The molecule has 0 unspecified atom stereocenters. The zero-order valence-electron chi connectivity index (χ0n) is 11.3. The maximum Gasteiger partial charge on any atom is 0.250 e. The summed E-state index contributed by atoms with van der Waals surface area (Å²) in [6.45, 7) is 1.22. The Hall–Kier alpha value is -1.58. The van der Waals surface area contributed by atoms with E-state index in [9.17, 15) is 9.59 Å². The Balaban J connectivity index is 1.64. The smallest absolute Gasteiger partial charge is 0.250 e. The van der Waals surface area contributed by atoms with Crippen LogP contribution in [0.15, 0.2) is 29.2 Å². The molecule has 0 radical (unpaired) electrons. The maximum absolute atomic E-state index is 11.7. The Morgan fingerprint density at radius 3 is 2.84 bits per heavy atom. The van der Waals surface area contributed by atoms with Gasteiger partial charge in [-0.2, -0.15) is 0 Å². The van der Waals surface area contributed by atoms with E-state index in [-0.39, 0.29) is 11.5 Å². The van der Waals surface area contributed by atoms with E-state index in [4.69, 9.17) is 0 Å². The first-order chi connectivity index (χ1) is 9.25. The van der Waals surface area contributed by atoms with Crippen LogP contribution in [0.25, 0.3) is 0 Å². The molecular formula is C15H22N2O2. The summed E-state index contributed by atoms with van der Waals surface area (Å²) >= 11 is 0. The summed E-state index contributed by atoms with van der Waals surface area (Å²) in [5, 5.41) is 2.94. The number of amides is 1. The first kappa shape index (κ1) is 13.8. The minimum Gasteiger partial charge on any atom is -0.356 e. The second-order valence-electron chi connectivity index (χ2n) is 5.27. The molecule has 1 fully saturated rings. The fourth-order valence-corrected chi connectivity index (χ4v) is 2.67. The van der Waals surface area contributed by atoms with E-state index in [1.165, 1.54) is 31.7 Å². The third-order valence-corrected chi connectivity index (χ3v) is 3.83. The van der Waals surface area contributed by atoms with Gasteiger partial charge in [-0.15, -0.1) is 0 Å². The van der Waals surface area contributed by atoms with Gasteiger partial charge in [-0.05, 0) is 18.4 Å². The Morgan fingerprint density at radius 1 is 1.32 bits per heavy atom. The van der Waals surface area contributed by atoms with E-state index in [1.54, 1.807) is 22.9 Å². The van der Waals surface area contributed by atoms with Crippen molar-refractivity contribution in [2.24, 2.45) is 5.92 Å². The molecule has 1 heterocycles. The molecule has 0 aromatic carbocycles. The average Bonchev–Trinajstić information content (AvgIpc) is 2.91. The van der Waals surface area contributed by atoms with Crippen LogP contribution in [0.5, 0.6) is 0 Å². The topological polar surface area (TPSA) is 51.1 Å². The van der Waals surface area contributed by atoms with Crippen molar-refractivity contribution < 1.29 is 4.79 Å². The van der Waals surface area contributed by atoms with Crippen molar-refractivity contribution in [1.82, 2.24) is 9.88 Å². The van der Waals surface area contributed by atoms with Crippen LogP contribution in [-0.2, 0) is 11.3 Å². The zero-order chi connectivity index (χ0) is 13.5. The fourth-order valence-electron chi connectivity index (χ4n) is 2.67. The molecule has 2 rings (SSSR count). The molecule has 4 heteroatoms. The lowest BCUT2D eigenvalue weighted by Gasteiger charge is -2.10. The van der Waals surface area contributed by atoms with Gasteiger partial charge in [-0.1, -0.05) is 31.7 Å². The van der Waals surface area contributed by atoms with E-state index in [0.717, 1.165) is 18.9 Å². The van der Waals surface area contributed by atoms with Crippen LogP contribution in [0.2, 0.25) is 0 Å². The second kappa shape index (κ2) is 7.12. The molecule has 0 spiro atoms. The van der Waals surface area contributed by atoms with Crippen LogP contribution in [0.3, 0.4) is 0 Å². The molecular weight excluding hydrogens is 240 g/mol. The van der Waals surface area contributed by atoms with E-state index in [0.29, 0.717) is 13.0 Å². The van der Waals surface area contributed by atoms with Crippen molar-refractivity contribution >= 4 is 5.91 Å². The molecule has 1 N–H and O–H groups in total. The van der Waals surface area contributed by atoms with Gasteiger partial charge in [-0.25, -0.2) is 0 Å². The van der Waals surface area contributed by atoms with Gasteiger partial charge in [0, 0.05) is 31.8 Å². The molecule has 1 aliphatic carbocycles. The second-order valence-corrected chi connectivity index (χ2v) is 5.27. The average molecular weight is 262 g/mol. The van der Waals surface area contributed by atoms with Crippen molar-refractivity contribution in [3.05, 3.63) is 34.7 Å². The van der Waals surface area contributed by atoms with Gasteiger partial charge in [0.2, 0.25) is 5.91 Å². The molecule has 19 heavy (non-hydrogen) atoms. The number of hydrogen-bond acceptors (Lipinski definition) is 2. The third kappa shape index (κ3) is 4.54. The number of carbonyl (C=O) groups excluding carboxylic acids is 1. The number of pyridine rings is 1. The number of rotatable bonds is 6. The summed E-state index contributed by atoms with van der Waals surface area (Å²) in [7, 11) is 0. The summed E-state index contributed by atoms with van der Waals surface area (Å²) in [6.07, 6.45) is 8.50. The third-order valence-electron chi connectivity index (χ3n) is 3.83. The number of aryl methyl sites for hydroxylation is 1. The van der Waals surface area contributed by atoms with Gasteiger partial charge >= 0.3 is 0 Å².